The SMILES string of the molecule is CN(C)Cc1nc(C(=O)N2C[C@H]3C[C@@H](C2)[C@H](CN(C)C)N2CCCC[C@@H]32)cs1. The lowest BCUT2D eigenvalue weighted by Gasteiger charge is -2.57. The second-order valence-electron chi connectivity index (χ2n) is 9.46. The van der Waals surface area contributed by atoms with Crippen LogP contribution in [0.3, 0.4) is 0 Å². The van der Waals surface area contributed by atoms with Crippen molar-refractivity contribution in [1.82, 2.24) is 24.6 Å². The lowest BCUT2D eigenvalue weighted by molar-refractivity contribution is -0.0703. The molecule has 6 nitrogen and oxygen atoms in total. The molecule has 28 heavy (non-hydrogen) atoms. The molecule has 2 bridgehead atoms. The first-order chi connectivity index (χ1) is 13.4. The zero-order valence-electron chi connectivity index (χ0n) is 17.8. The molecule has 1 aromatic rings. The quantitative estimate of drug-likeness (QED) is 0.750. The van der Waals surface area contributed by atoms with Gasteiger partial charge in [-0.05, 0) is 65.8 Å². The summed E-state index contributed by atoms with van der Waals surface area (Å²) in [5.41, 5.74) is 0.645. The van der Waals surface area contributed by atoms with Crippen molar-refractivity contribution in [3.8, 4) is 0 Å². The second-order valence-corrected chi connectivity index (χ2v) is 10.4. The molecule has 0 unspecified atom stereocenters. The molecule has 3 fully saturated rings. The van der Waals surface area contributed by atoms with Gasteiger partial charge < -0.3 is 14.7 Å². The molecule has 4 rings (SSSR count). The summed E-state index contributed by atoms with van der Waals surface area (Å²) in [6, 6.07) is 1.23. The number of hydrogen-bond acceptors (Lipinski definition) is 6. The van der Waals surface area contributed by atoms with Crippen molar-refractivity contribution in [3.63, 3.8) is 0 Å². The largest absolute Gasteiger partial charge is 0.337 e. The van der Waals surface area contributed by atoms with Gasteiger partial charge in [-0.1, -0.05) is 6.42 Å². The summed E-state index contributed by atoms with van der Waals surface area (Å²) < 4.78 is 0. The third-order valence-corrected chi connectivity index (χ3v) is 7.52. The fourth-order valence-electron chi connectivity index (χ4n) is 5.61. The number of likely N-dealkylation sites (N-methyl/N-ethyl adjacent to an activating group) is 1. The van der Waals surface area contributed by atoms with Crippen LogP contribution in [0.1, 0.15) is 41.2 Å². The zero-order valence-corrected chi connectivity index (χ0v) is 18.6. The van der Waals surface area contributed by atoms with Gasteiger partial charge in [0, 0.05) is 43.6 Å². The second kappa shape index (κ2) is 8.38. The van der Waals surface area contributed by atoms with Crippen LogP contribution >= 0.6 is 11.3 Å². The maximum Gasteiger partial charge on any atom is 0.273 e. The first-order valence-electron chi connectivity index (χ1n) is 10.7. The molecule has 3 aliphatic rings. The first-order valence-corrected chi connectivity index (χ1v) is 11.6. The van der Waals surface area contributed by atoms with Gasteiger partial charge in [0.15, 0.2) is 0 Å². The summed E-state index contributed by atoms with van der Waals surface area (Å²) in [4.78, 5) is 27.2. The Bertz CT molecular complexity index is 690. The van der Waals surface area contributed by atoms with Crippen molar-refractivity contribution in [2.45, 2.75) is 44.3 Å². The molecule has 4 heterocycles. The minimum absolute atomic E-state index is 0.142. The highest BCUT2D eigenvalue weighted by atomic mass is 32.1. The topological polar surface area (TPSA) is 42.9 Å². The van der Waals surface area contributed by atoms with Crippen molar-refractivity contribution in [3.05, 3.63) is 16.1 Å². The Balaban J connectivity index is 1.51. The molecule has 0 N–H and O–H groups in total. The Kier molecular flexibility index (Phi) is 6.06. The van der Waals surface area contributed by atoms with Gasteiger partial charge in [0.05, 0.1) is 0 Å². The van der Waals surface area contributed by atoms with E-state index in [-0.39, 0.29) is 5.91 Å². The molecule has 3 aliphatic heterocycles. The molecule has 1 amide bonds. The minimum Gasteiger partial charge on any atom is -0.337 e. The monoisotopic (exact) mass is 405 g/mol. The number of aromatic nitrogens is 1. The number of carbonyl (C=O) groups excluding carboxylic acids is 1. The number of carbonyl (C=O) groups is 1. The van der Waals surface area contributed by atoms with Crippen LogP contribution in [-0.4, -0.2) is 96.9 Å². The first kappa shape index (κ1) is 20.3. The standard InChI is InChI=1S/C21H35N5OS/c1-23(2)12-19-16-9-15(18-7-5-6-8-26(18)19)10-25(11-16)21(27)17-14-28-20(22-17)13-24(3)4/h14-16,18-19H,5-13H2,1-4H3/t15-,16+,18+,19+/m1/s1. The normalized spacial score (nSPS) is 30.7. The van der Waals surface area contributed by atoms with E-state index in [0.29, 0.717) is 29.6 Å². The number of likely N-dealkylation sites (tertiary alicyclic amines) is 1. The number of rotatable bonds is 5. The number of hydrogen-bond donors (Lipinski definition) is 0. The van der Waals surface area contributed by atoms with Crippen LogP contribution in [0.4, 0.5) is 0 Å². The van der Waals surface area contributed by atoms with Crippen LogP contribution in [0, 0.1) is 11.8 Å². The van der Waals surface area contributed by atoms with E-state index in [2.05, 4.69) is 38.7 Å². The van der Waals surface area contributed by atoms with E-state index in [1.54, 1.807) is 11.3 Å². The van der Waals surface area contributed by atoms with Crippen LogP contribution in [0.25, 0.3) is 0 Å². The number of amides is 1. The van der Waals surface area contributed by atoms with Gasteiger partial charge in [-0.25, -0.2) is 4.98 Å². The van der Waals surface area contributed by atoms with Crippen molar-refractivity contribution in [2.24, 2.45) is 11.8 Å². The number of fused-ring (bicyclic) bond motifs is 4. The molecule has 0 radical (unpaired) electrons. The summed E-state index contributed by atoms with van der Waals surface area (Å²) in [6.07, 6.45) is 5.25. The summed E-state index contributed by atoms with van der Waals surface area (Å²) in [6.45, 7) is 4.93. The van der Waals surface area contributed by atoms with Crippen molar-refractivity contribution >= 4 is 17.2 Å². The number of thiazole rings is 1. The third kappa shape index (κ3) is 4.13. The Hall–Kier alpha value is -1.02. The van der Waals surface area contributed by atoms with E-state index in [1.807, 2.05) is 19.5 Å². The Morgan fingerprint density at radius 1 is 1.18 bits per heavy atom. The summed E-state index contributed by atoms with van der Waals surface area (Å²) >= 11 is 1.60. The molecule has 0 spiro atoms. The summed E-state index contributed by atoms with van der Waals surface area (Å²) in [7, 11) is 8.43. The van der Waals surface area contributed by atoms with Gasteiger partial charge in [0.2, 0.25) is 0 Å². The van der Waals surface area contributed by atoms with Crippen LogP contribution in [0.5, 0.6) is 0 Å². The lowest BCUT2D eigenvalue weighted by atomic mass is 9.72. The highest BCUT2D eigenvalue weighted by Gasteiger charge is 2.48. The Morgan fingerprint density at radius 3 is 2.71 bits per heavy atom. The van der Waals surface area contributed by atoms with Crippen LogP contribution < -0.4 is 0 Å². The van der Waals surface area contributed by atoms with Crippen molar-refractivity contribution in [1.29, 1.82) is 0 Å². The zero-order chi connectivity index (χ0) is 19.8. The van der Waals surface area contributed by atoms with E-state index < -0.39 is 0 Å². The molecule has 4 atom stereocenters. The average Bonchev–Trinajstić information content (AvgIpc) is 3.12. The maximum absolute atomic E-state index is 13.3. The van der Waals surface area contributed by atoms with E-state index in [4.69, 9.17) is 0 Å². The third-order valence-electron chi connectivity index (χ3n) is 6.68. The van der Waals surface area contributed by atoms with E-state index in [0.717, 1.165) is 31.2 Å². The van der Waals surface area contributed by atoms with E-state index in [9.17, 15) is 4.79 Å². The summed E-state index contributed by atoms with van der Waals surface area (Å²) in [5, 5.41) is 2.98. The fraction of sp³-hybridized carbons (Fsp3) is 0.810. The summed E-state index contributed by atoms with van der Waals surface area (Å²) in [5.74, 6) is 1.35. The average molecular weight is 406 g/mol. The molecule has 1 aromatic heterocycles. The fourth-order valence-corrected chi connectivity index (χ4v) is 6.50. The van der Waals surface area contributed by atoms with E-state index >= 15 is 0 Å². The molecule has 0 saturated carbocycles. The van der Waals surface area contributed by atoms with Gasteiger partial charge in [-0.2, -0.15) is 0 Å². The molecular formula is C21H35N5OS. The predicted molar refractivity (Wildman–Crippen MR) is 114 cm³/mol. The number of piperidine rings is 3. The number of nitrogens with zero attached hydrogens (tertiary/aromatic N) is 5. The minimum atomic E-state index is 0.142. The molecule has 156 valence electrons. The highest BCUT2D eigenvalue weighted by Crippen LogP contribution is 2.41. The van der Waals surface area contributed by atoms with Crippen LogP contribution in [0.2, 0.25) is 0 Å². The van der Waals surface area contributed by atoms with Crippen LogP contribution in [-0.2, 0) is 6.54 Å². The van der Waals surface area contributed by atoms with Crippen molar-refractivity contribution < 1.29 is 4.79 Å². The predicted octanol–water partition coefficient (Wildman–Crippen LogP) is 2.08. The van der Waals surface area contributed by atoms with Gasteiger partial charge in [-0.15, -0.1) is 11.3 Å². The van der Waals surface area contributed by atoms with Crippen LogP contribution in [0.15, 0.2) is 5.38 Å². The van der Waals surface area contributed by atoms with Gasteiger partial charge >= 0.3 is 0 Å². The highest BCUT2D eigenvalue weighted by molar-refractivity contribution is 7.09. The molecule has 3 saturated heterocycles. The van der Waals surface area contributed by atoms with E-state index in [1.165, 1.54) is 32.2 Å². The smallest absolute Gasteiger partial charge is 0.273 e. The molecule has 7 heteroatoms. The molecular weight excluding hydrogens is 370 g/mol. The molecule has 0 aliphatic carbocycles. The Labute approximate surface area is 173 Å². The van der Waals surface area contributed by atoms with Gasteiger partial charge in [0.25, 0.3) is 5.91 Å². The van der Waals surface area contributed by atoms with Gasteiger partial charge in [0.1, 0.15) is 10.7 Å². The van der Waals surface area contributed by atoms with Crippen molar-refractivity contribution in [2.75, 3.05) is 54.4 Å². The van der Waals surface area contributed by atoms with Gasteiger partial charge in [-0.3, -0.25) is 9.69 Å². The molecule has 0 aromatic carbocycles. The lowest BCUT2D eigenvalue weighted by Crippen LogP contribution is -2.65. The Morgan fingerprint density at radius 2 is 1.96 bits per heavy atom. The maximum atomic E-state index is 13.3.